The Kier molecular flexibility index (Phi) is 8.30. The first-order valence-electron chi connectivity index (χ1n) is 19.8. The van der Waals surface area contributed by atoms with Gasteiger partial charge in [-0.15, -0.1) is 0 Å². The first-order chi connectivity index (χ1) is 29.2. The van der Waals surface area contributed by atoms with Crippen molar-refractivity contribution in [2.24, 2.45) is 0 Å². The Bertz CT molecular complexity index is 3450. The van der Waals surface area contributed by atoms with Crippen molar-refractivity contribution in [3.8, 4) is 56.4 Å². The molecule has 0 unspecified atom stereocenters. The fourth-order valence-electron chi connectivity index (χ4n) is 8.24. The van der Waals surface area contributed by atoms with Crippen LogP contribution in [0.1, 0.15) is 12.5 Å². The summed E-state index contributed by atoms with van der Waals surface area (Å²) in [6.07, 6.45) is 8.17. The molecule has 0 radical (unpaired) electrons. The minimum atomic E-state index is 0.554. The normalized spacial score (nSPS) is 12.0. The maximum absolute atomic E-state index is 6.57. The predicted octanol–water partition coefficient (Wildman–Crippen LogP) is 14.7. The summed E-state index contributed by atoms with van der Waals surface area (Å²) >= 11 is 0. The fraction of sp³-hybridized carbons (Fsp3) is 0.0185. The van der Waals surface area contributed by atoms with Crippen molar-refractivity contribution >= 4 is 60.7 Å². The minimum absolute atomic E-state index is 0.554. The molecule has 0 spiro atoms. The number of hydrogen-bond acceptors (Lipinski definition) is 5. The molecule has 0 amide bonds. The van der Waals surface area contributed by atoms with Crippen LogP contribution in [0, 0.1) is 0 Å². The molecular formula is C54H35N3O2. The van der Waals surface area contributed by atoms with Gasteiger partial charge in [0.1, 0.15) is 22.3 Å². The maximum atomic E-state index is 6.57. The number of aromatic nitrogens is 3. The number of fused-ring (bicyclic) bond motifs is 7. The zero-order valence-electron chi connectivity index (χ0n) is 32.1. The molecular weight excluding hydrogens is 723 g/mol. The zero-order chi connectivity index (χ0) is 39.3. The third-order valence-electron chi connectivity index (χ3n) is 11.1. The molecule has 5 nitrogen and oxygen atoms in total. The highest BCUT2D eigenvalue weighted by Crippen LogP contribution is 2.46. The summed E-state index contributed by atoms with van der Waals surface area (Å²) in [4.78, 5) is 15.9. The van der Waals surface area contributed by atoms with E-state index in [0.717, 1.165) is 99.2 Å². The Balaban J connectivity index is 1.19. The highest BCUT2D eigenvalue weighted by atomic mass is 16.3. The Hall–Kier alpha value is -7.89. The SMILES string of the molecule is C/C=C\C=C/c1ccc2c(c1)oc1cccc(-c3ccc4oc5ccccc5c4c3-c3nc(-c4ccc(-c5ccccc5)cc4)nc(-c4ccc5ccccc5c4)n3)c12. The van der Waals surface area contributed by atoms with Crippen LogP contribution < -0.4 is 0 Å². The third kappa shape index (κ3) is 6.08. The van der Waals surface area contributed by atoms with Gasteiger partial charge in [0, 0.05) is 38.2 Å². The third-order valence-corrected chi connectivity index (χ3v) is 11.1. The standard InChI is InChI=1S/C54H35N3O2/c1-2-3-5-13-34-22-29-44-48(32-34)59-46-21-12-19-41(49(44)46)42-30-31-47-50(43-18-10-11-20-45(43)58-47)51(42)54-56-52(38-26-23-37(24-27-38)35-14-6-4-7-15-35)55-53(57-54)40-28-25-36-16-8-9-17-39(36)33-40/h2-33H,1H3/b3-2-,13-5-. The van der Waals surface area contributed by atoms with Crippen molar-refractivity contribution in [1.82, 2.24) is 15.0 Å². The van der Waals surface area contributed by atoms with Crippen LogP contribution in [0.2, 0.25) is 0 Å². The monoisotopic (exact) mass is 757 g/mol. The average molecular weight is 758 g/mol. The van der Waals surface area contributed by atoms with E-state index in [9.17, 15) is 0 Å². The lowest BCUT2D eigenvalue weighted by Crippen LogP contribution is -2.02. The molecule has 5 heteroatoms. The molecule has 8 aromatic carbocycles. The molecule has 0 bridgehead atoms. The molecule has 59 heavy (non-hydrogen) atoms. The highest BCUT2D eigenvalue weighted by molar-refractivity contribution is 6.19. The Morgan fingerprint density at radius 2 is 1.07 bits per heavy atom. The number of furan rings is 2. The van der Waals surface area contributed by atoms with Crippen molar-refractivity contribution in [3.63, 3.8) is 0 Å². The molecule has 0 N–H and O–H groups in total. The minimum Gasteiger partial charge on any atom is -0.456 e. The van der Waals surface area contributed by atoms with E-state index in [2.05, 4.69) is 146 Å². The van der Waals surface area contributed by atoms with Gasteiger partial charge in [0.2, 0.25) is 0 Å². The van der Waals surface area contributed by atoms with E-state index in [1.165, 1.54) is 0 Å². The van der Waals surface area contributed by atoms with Crippen LogP contribution in [0.5, 0.6) is 0 Å². The molecule has 3 heterocycles. The van der Waals surface area contributed by atoms with Gasteiger partial charge >= 0.3 is 0 Å². The van der Waals surface area contributed by atoms with E-state index < -0.39 is 0 Å². The summed E-state index contributed by atoms with van der Waals surface area (Å²) in [5.41, 5.74) is 11.2. The lowest BCUT2D eigenvalue weighted by Gasteiger charge is -2.14. The Morgan fingerprint density at radius 3 is 1.93 bits per heavy atom. The molecule has 0 saturated heterocycles. The first kappa shape index (κ1) is 34.4. The Labute approximate surface area is 340 Å². The summed E-state index contributed by atoms with van der Waals surface area (Å²) < 4.78 is 13.1. The van der Waals surface area contributed by atoms with Crippen LogP contribution in [-0.4, -0.2) is 15.0 Å². The molecule has 0 saturated carbocycles. The number of para-hydroxylation sites is 1. The van der Waals surface area contributed by atoms with Crippen LogP contribution in [0.4, 0.5) is 0 Å². The van der Waals surface area contributed by atoms with Crippen LogP contribution in [-0.2, 0) is 0 Å². The number of benzene rings is 8. The number of allylic oxidation sites excluding steroid dienone is 3. The second kappa shape index (κ2) is 14.2. The fourth-order valence-corrected chi connectivity index (χ4v) is 8.24. The summed E-state index contributed by atoms with van der Waals surface area (Å²) in [6.45, 7) is 2.01. The van der Waals surface area contributed by atoms with Gasteiger partial charge in [0.25, 0.3) is 0 Å². The van der Waals surface area contributed by atoms with Crippen molar-refractivity contribution in [2.45, 2.75) is 6.92 Å². The van der Waals surface area contributed by atoms with E-state index in [1.807, 2.05) is 55.5 Å². The molecule has 11 rings (SSSR count). The maximum Gasteiger partial charge on any atom is 0.165 e. The van der Waals surface area contributed by atoms with Crippen LogP contribution in [0.3, 0.4) is 0 Å². The molecule has 278 valence electrons. The van der Waals surface area contributed by atoms with E-state index in [0.29, 0.717) is 17.5 Å². The second-order valence-corrected chi connectivity index (χ2v) is 14.7. The molecule has 11 aromatic rings. The van der Waals surface area contributed by atoms with Gasteiger partial charge in [0.05, 0.1) is 0 Å². The van der Waals surface area contributed by atoms with Gasteiger partial charge in [-0.3, -0.25) is 0 Å². The lowest BCUT2D eigenvalue weighted by atomic mass is 9.91. The smallest absolute Gasteiger partial charge is 0.165 e. The van der Waals surface area contributed by atoms with E-state index in [-0.39, 0.29) is 0 Å². The van der Waals surface area contributed by atoms with Crippen molar-refractivity contribution in [3.05, 3.63) is 194 Å². The van der Waals surface area contributed by atoms with Gasteiger partial charge < -0.3 is 8.83 Å². The molecule has 0 atom stereocenters. The van der Waals surface area contributed by atoms with Gasteiger partial charge in [0.15, 0.2) is 17.5 Å². The van der Waals surface area contributed by atoms with Gasteiger partial charge in [-0.25, -0.2) is 15.0 Å². The van der Waals surface area contributed by atoms with E-state index in [1.54, 1.807) is 0 Å². The summed E-state index contributed by atoms with van der Waals surface area (Å²) in [7, 11) is 0. The number of nitrogens with zero attached hydrogens (tertiary/aromatic N) is 3. The van der Waals surface area contributed by atoms with E-state index in [4.69, 9.17) is 23.8 Å². The molecule has 0 fully saturated rings. The Morgan fingerprint density at radius 1 is 0.407 bits per heavy atom. The molecule has 0 aliphatic carbocycles. The van der Waals surface area contributed by atoms with Crippen LogP contribution in [0.15, 0.2) is 197 Å². The van der Waals surface area contributed by atoms with Gasteiger partial charge in [-0.05, 0) is 88.0 Å². The number of rotatable bonds is 7. The van der Waals surface area contributed by atoms with Crippen LogP contribution in [0.25, 0.3) is 117 Å². The van der Waals surface area contributed by atoms with Gasteiger partial charge in [-0.2, -0.15) is 0 Å². The van der Waals surface area contributed by atoms with Crippen LogP contribution >= 0.6 is 0 Å². The number of hydrogen-bond donors (Lipinski definition) is 0. The predicted molar refractivity (Wildman–Crippen MR) is 243 cm³/mol. The average Bonchev–Trinajstić information content (AvgIpc) is 3.87. The summed E-state index contributed by atoms with van der Waals surface area (Å²) in [6, 6.07) is 58.6. The molecule has 0 aliphatic rings. The zero-order valence-corrected chi connectivity index (χ0v) is 32.1. The molecule has 3 aromatic heterocycles. The quantitative estimate of drug-likeness (QED) is 0.151. The first-order valence-corrected chi connectivity index (χ1v) is 19.8. The van der Waals surface area contributed by atoms with Crippen molar-refractivity contribution < 1.29 is 8.83 Å². The molecule has 0 aliphatic heterocycles. The topological polar surface area (TPSA) is 65.0 Å². The van der Waals surface area contributed by atoms with Crippen molar-refractivity contribution in [1.29, 1.82) is 0 Å². The second-order valence-electron chi connectivity index (χ2n) is 14.7. The highest BCUT2D eigenvalue weighted by Gasteiger charge is 2.24. The summed E-state index contributed by atoms with van der Waals surface area (Å²) in [5, 5.41) is 6.26. The largest absolute Gasteiger partial charge is 0.456 e. The van der Waals surface area contributed by atoms with Crippen molar-refractivity contribution in [2.75, 3.05) is 0 Å². The summed E-state index contributed by atoms with van der Waals surface area (Å²) in [5.74, 6) is 1.72. The van der Waals surface area contributed by atoms with Gasteiger partial charge in [-0.1, -0.05) is 152 Å². The van der Waals surface area contributed by atoms with E-state index >= 15 is 0 Å². The lowest BCUT2D eigenvalue weighted by molar-refractivity contribution is 0.668.